The molecule has 1 aliphatic rings. The van der Waals surface area contributed by atoms with E-state index in [4.69, 9.17) is 5.11 Å². The first kappa shape index (κ1) is 16.7. The van der Waals surface area contributed by atoms with Crippen LogP contribution in [-0.4, -0.2) is 36.9 Å². The van der Waals surface area contributed by atoms with Gasteiger partial charge in [-0.25, -0.2) is 8.42 Å². The van der Waals surface area contributed by atoms with Crippen LogP contribution in [0.1, 0.15) is 25.7 Å². The minimum atomic E-state index is -3.47. The van der Waals surface area contributed by atoms with Gasteiger partial charge in [0, 0.05) is 23.1 Å². The topological polar surface area (TPSA) is 74.7 Å². The molecule has 21 heavy (non-hydrogen) atoms. The van der Waals surface area contributed by atoms with E-state index < -0.39 is 16.0 Å². The number of rotatable bonds is 5. The molecule has 0 amide bonds. The molecule has 0 aromatic heterocycles. The minimum absolute atomic E-state index is 0.0993. The average Bonchev–Trinajstić information content (AvgIpc) is 2.46. The van der Waals surface area contributed by atoms with E-state index >= 15 is 0 Å². The van der Waals surface area contributed by atoms with Crippen molar-refractivity contribution in [2.45, 2.75) is 30.6 Å². The van der Waals surface area contributed by atoms with Crippen molar-refractivity contribution >= 4 is 38.6 Å². The Labute approximate surface area is 138 Å². The van der Waals surface area contributed by atoms with Crippen LogP contribution >= 0.6 is 22.6 Å². The molecule has 1 aromatic carbocycles. The second-order valence-corrected chi connectivity index (χ2v) is 8.44. The standard InChI is InChI=1S/C14H18INO4S/c15-12-4-6-13(7-5-12)21(19,20)16-9-1-2-11(10-16)3-8-14(17)18/h4-7,11H,1-3,8-10H2,(H,17,18). The second-order valence-electron chi connectivity index (χ2n) is 5.26. The fourth-order valence-corrected chi connectivity index (χ4v) is 4.48. The first-order valence-electron chi connectivity index (χ1n) is 6.87. The van der Waals surface area contributed by atoms with E-state index in [0.29, 0.717) is 24.4 Å². The number of sulfonamides is 1. The molecule has 1 unspecified atom stereocenters. The smallest absolute Gasteiger partial charge is 0.303 e. The number of hydrogen-bond donors (Lipinski definition) is 1. The Bertz CT molecular complexity index is 600. The molecular weight excluding hydrogens is 405 g/mol. The van der Waals surface area contributed by atoms with Gasteiger partial charge in [0.1, 0.15) is 0 Å². The summed E-state index contributed by atoms with van der Waals surface area (Å²) in [7, 11) is -3.47. The van der Waals surface area contributed by atoms with Gasteiger partial charge in [0.15, 0.2) is 0 Å². The summed E-state index contributed by atoms with van der Waals surface area (Å²) >= 11 is 2.14. The monoisotopic (exact) mass is 423 g/mol. The number of nitrogens with zero attached hydrogens (tertiary/aromatic N) is 1. The zero-order valence-electron chi connectivity index (χ0n) is 11.5. The molecule has 0 spiro atoms. The molecule has 1 heterocycles. The fraction of sp³-hybridized carbons (Fsp3) is 0.500. The van der Waals surface area contributed by atoms with Crippen molar-refractivity contribution in [1.29, 1.82) is 0 Å². The maximum atomic E-state index is 12.6. The SMILES string of the molecule is O=C(O)CCC1CCCN(S(=O)(=O)c2ccc(I)cc2)C1. The lowest BCUT2D eigenvalue weighted by Gasteiger charge is -2.31. The normalized spacial score (nSPS) is 20.3. The average molecular weight is 423 g/mol. The lowest BCUT2D eigenvalue weighted by atomic mass is 9.95. The minimum Gasteiger partial charge on any atom is -0.481 e. The lowest BCUT2D eigenvalue weighted by molar-refractivity contribution is -0.137. The van der Waals surface area contributed by atoms with Crippen LogP contribution in [0.5, 0.6) is 0 Å². The van der Waals surface area contributed by atoms with Crippen LogP contribution in [0.15, 0.2) is 29.2 Å². The van der Waals surface area contributed by atoms with Crippen molar-refractivity contribution in [1.82, 2.24) is 4.31 Å². The molecule has 0 bridgehead atoms. The van der Waals surface area contributed by atoms with Crippen LogP contribution < -0.4 is 0 Å². The van der Waals surface area contributed by atoms with Gasteiger partial charge in [0.05, 0.1) is 4.90 Å². The van der Waals surface area contributed by atoms with Crippen LogP contribution in [0.2, 0.25) is 0 Å². The third-order valence-corrected chi connectivity index (χ3v) is 6.30. The number of aliphatic carboxylic acids is 1. The van der Waals surface area contributed by atoms with E-state index in [-0.39, 0.29) is 12.3 Å². The third-order valence-electron chi connectivity index (χ3n) is 3.70. The Morgan fingerprint density at radius 3 is 2.62 bits per heavy atom. The lowest BCUT2D eigenvalue weighted by Crippen LogP contribution is -2.40. The number of benzene rings is 1. The van der Waals surface area contributed by atoms with Crippen molar-refractivity contribution < 1.29 is 18.3 Å². The van der Waals surface area contributed by atoms with Gasteiger partial charge in [-0.2, -0.15) is 4.31 Å². The number of carboxylic acids is 1. The first-order valence-corrected chi connectivity index (χ1v) is 9.39. The molecule has 0 saturated carbocycles. The molecule has 2 rings (SSSR count). The van der Waals surface area contributed by atoms with Crippen LogP contribution in [0.25, 0.3) is 0 Å². The second kappa shape index (κ2) is 7.06. The van der Waals surface area contributed by atoms with Gasteiger partial charge >= 0.3 is 5.97 Å². The zero-order valence-corrected chi connectivity index (χ0v) is 14.5. The Morgan fingerprint density at radius 1 is 1.33 bits per heavy atom. The molecule has 1 N–H and O–H groups in total. The van der Waals surface area contributed by atoms with E-state index in [0.717, 1.165) is 16.4 Å². The number of halogens is 1. The zero-order chi connectivity index (χ0) is 15.5. The quantitative estimate of drug-likeness (QED) is 0.739. The molecule has 0 radical (unpaired) electrons. The summed E-state index contributed by atoms with van der Waals surface area (Å²) in [4.78, 5) is 10.9. The van der Waals surface area contributed by atoms with Gasteiger partial charge in [-0.05, 0) is 72.0 Å². The molecule has 7 heteroatoms. The van der Waals surface area contributed by atoms with Crippen LogP contribution in [-0.2, 0) is 14.8 Å². The summed E-state index contributed by atoms with van der Waals surface area (Å²) in [6.07, 6.45) is 2.32. The molecular formula is C14H18INO4S. The number of carboxylic acid groups (broad SMARTS) is 1. The highest BCUT2D eigenvalue weighted by Crippen LogP contribution is 2.26. The van der Waals surface area contributed by atoms with Crippen molar-refractivity contribution in [3.05, 3.63) is 27.8 Å². The highest BCUT2D eigenvalue weighted by Gasteiger charge is 2.30. The summed E-state index contributed by atoms with van der Waals surface area (Å²) in [6.45, 7) is 0.930. The predicted octanol–water partition coefficient (Wildman–Crippen LogP) is 2.56. The van der Waals surface area contributed by atoms with Crippen LogP contribution in [0, 0.1) is 9.49 Å². The van der Waals surface area contributed by atoms with Crippen molar-refractivity contribution in [3.63, 3.8) is 0 Å². The third kappa shape index (κ3) is 4.40. The molecule has 5 nitrogen and oxygen atoms in total. The van der Waals surface area contributed by atoms with Crippen LogP contribution in [0.3, 0.4) is 0 Å². The maximum absolute atomic E-state index is 12.6. The number of hydrogen-bond acceptors (Lipinski definition) is 3. The number of piperidine rings is 1. The highest BCUT2D eigenvalue weighted by atomic mass is 127. The van der Waals surface area contributed by atoms with E-state index in [1.165, 1.54) is 4.31 Å². The maximum Gasteiger partial charge on any atom is 0.303 e. The summed E-state index contributed by atoms with van der Waals surface area (Å²) in [5.41, 5.74) is 0. The highest BCUT2D eigenvalue weighted by molar-refractivity contribution is 14.1. The Morgan fingerprint density at radius 2 is 2.00 bits per heavy atom. The van der Waals surface area contributed by atoms with E-state index in [1.54, 1.807) is 24.3 Å². The number of carbonyl (C=O) groups is 1. The molecule has 0 aliphatic carbocycles. The molecule has 1 fully saturated rings. The summed E-state index contributed by atoms with van der Waals surface area (Å²) in [5.74, 6) is -0.693. The summed E-state index contributed by atoms with van der Waals surface area (Å²) < 4.78 is 27.7. The van der Waals surface area contributed by atoms with Gasteiger partial charge in [0.25, 0.3) is 0 Å². The van der Waals surface area contributed by atoms with Crippen molar-refractivity contribution in [2.24, 2.45) is 5.92 Å². The van der Waals surface area contributed by atoms with Crippen molar-refractivity contribution in [3.8, 4) is 0 Å². The van der Waals surface area contributed by atoms with Gasteiger partial charge in [-0.15, -0.1) is 0 Å². The molecule has 1 aromatic rings. The molecule has 1 atom stereocenters. The molecule has 116 valence electrons. The van der Waals surface area contributed by atoms with Gasteiger partial charge < -0.3 is 5.11 Å². The van der Waals surface area contributed by atoms with Crippen LogP contribution in [0.4, 0.5) is 0 Å². The Balaban J connectivity index is 2.09. The van der Waals surface area contributed by atoms with E-state index in [1.807, 2.05) is 0 Å². The predicted molar refractivity (Wildman–Crippen MR) is 87.5 cm³/mol. The van der Waals surface area contributed by atoms with E-state index in [2.05, 4.69) is 22.6 Å². The van der Waals surface area contributed by atoms with Gasteiger partial charge in [-0.1, -0.05) is 0 Å². The van der Waals surface area contributed by atoms with E-state index in [9.17, 15) is 13.2 Å². The first-order chi connectivity index (χ1) is 9.89. The van der Waals surface area contributed by atoms with Gasteiger partial charge in [-0.3, -0.25) is 4.79 Å². The molecule has 1 saturated heterocycles. The van der Waals surface area contributed by atoms with Crippen molar-refractivity contribution in [2.75, 3.05) is 13.1 Å². The Kier molecular flexibility index (Phi) is 5.61. The summed E-state index contributed by atoms with van der Waals surface area (Å²) in [5, 5.41) is 8.74. The largest absolute Gasteiger partial charge is 0.481 e. The fourth-order valence-electron chi connectivity index (χ4n) is 2.56. The molecule has 1 aliphatic heterocycles. The summed E-state index contributed by atoms with van der Waals surface area (Å²) in [6, 6.07) is 6.80. The Hall–Kier alpha value is -0.670. The van der Waals surface area contributed by atoms with Gasteiger partial charge in [0.2, 0.25) is 10.0 Å².